The number of carbonyl (C=O) groups is 2. The van der Waals surface area contributed by atoms with Crippen molar-refractivity contribution in [2.75, 3.05) is 6.61 Å². The number of amides is 2. The van der Waals surface area contributed by atoms with Gasteiger partial charge in [0.15, 0.2) is 0 Å². The number of furan rings is 1. The van der Waals surface area contributed by atoms with E-state index in [1.807, 2.05) is 0 Å². The summed E-state index contributed by atoms with van der Waals surface area (Å²) >= 11 is 0. The highest BCUT2D eigenvalue weighted by molar-refractivity contribution is 6.09. The molecule has 8 nitrogen and oxygen atoms in total. The number of hydrogen-bond acceptors (Lipinski definition) is 6. The molecule has 0 radical (unpaired) electrons. The van der Waals surface area contributed by atoms with Gasteiger partial charge in [0.1, 0.15) is 34.4 Å². The molecule has 0 spiro atoms. The van der Waals surface area contributed by atoms with E-state index in [9.17, 15) is 27.9 Å². The van der Waals surface area contributed by atoms with Crippen LogP contribution in [0.3, 0.4) is 0 Å². The number of fused-ring (bicyclic) bond motifs is 2. The van der Waals surface area contributed by atoms with Crippen molar-refractivity contribution in [3.63, 3.8) is 0 Å². The van der Waals surface area contributed by atoms with E-state index >= 15 is 0 Å². The maximum atomic E-state index is 13.3. The van der Waals surface area contributed by atoms with Crippen LogP contribution in [-0.4, -0.2) is 34.1 Å². The minimum Gasteiger partial charge on any atom is -0.486 e. The quantitative estimate of drug-likeness (QED) is 0.500. The lowest BCUT2D eigenvalue weighted by Gasteiger charge is -2.24. The van der Waals surface area contributed by atoms with Crippen molar-refractivity contribution in [1.29, 1.82) is 0 Å². The lowest BCUT2D eigenvalue weighted by Crippen LogP contribution is -2.57. The van der Waals surface area contributed by atoms with Gasteiger partial charge in [0.05, 0.1) is 12.2 Å². The number of rotatable bonds is 6. The minimum absolute atomic E-state index is 0.120. The number of nitrogens with zero attached hydrogens (tertiary/aromatic N) is 1. The van der Waals surface area contributed by atoms with Crippen LogP contribution in [0.5, 0.6) is 5.75 Å². The Morgan fingerprint density at radius 1 is 1.32 bits per heavy atom. The first-order valence-corrected chi connectivity index (χ1v) is 10.4. The molecule has 1 aliphatic carbocycles. The average Bonchev–Trinajstić information content (AvgIpc) is 3.32. The number of pyridine rings is 1. The highest BCUT2D eigenvalue weighted by Crippen LogP contribution is 2.41. The molecule has 4 N–H and O–H groups in total. The predicted molar refractivity (Wildman–Crippen MR) is 114 cm³/mol. The Balaban J connectivity index is 1.65. The molecule has 0 bridgehead atoms. The number of halogens is 3. The molecule has 1 aliphatic rings. The smallest absolute Gasteiger partial charge is 0.433 e. The van der Waals surface area contributed by atoms with Gasteiger partial charge < -0.3 is 25.3 Å². The van der Waals surface area contributed by atoms with Crippen LogP contribution in [0.25, 0.3) is 11.0 Å². The summed E-state index contributed by atoms with van der Waals surface area (Å²) in [5, 5.41) is 12.3. The molecule has 34 heavy (non-hydrogen) atoms. The zero-order chi connectivity index (χ0) is 24.8. The summed E-state index contributed by atoms with van der Waals surface area (Å²) < 4.78 is 51.5. The van der Waals surface area contributed by atoms with Crippen LogP contribution in [0.1, 0.15) is 52.4 Å². The van der Waals surface area contributed by atoms with Gasteiger partial charge in [-0.1, -0.05) is 0 Å². The third-order valence-electron chi connectivity index (χ3n) is 5.95. The topological polar surface area (TPSA) is 128 Å². The second-order valence-electron chi connectivity index (χ2n) is 8.37. The molecule has 2 heterocycles. The van der Waals surface area contributed by atoms with Crippen LogP contribution >= 0.6 is 0 Å². The van der Waals surface area contributed by atoms with Gasteiger partial charge in [-0.15, -0.1) is 0 Å². The van der Waals surface area contributed by atoms with Crippen LogP contribution in [-0.2, 0) is 17.4 Å². The number of nitrogens with one attached hydrogen (secondary N) is 1. The molecule has 1 aromatic carbocycles. The standard InChI is InChI=1S/C23H22F3N3O5/c1-11-18(20(31)29-22(2,10-30)21(27)32)15-9-12(3-5-17(15)33-11)34-16-6-4-14-13(16)7-8-28-19(14)23(24,25)26/h3,5,7-9,16,30H,4,6,10H2,1-2H3,(H2,27,32)(H,29,31)/t16-,22-/m0/s1. The number of hydrogen-bond donors (Lipinski definition) is 3. The Morgan fingerprint density at radius 2 is 2.06 bits per heavy atom. The molecular weight excluding hydrogens is 455 g/mol. The van der Waals surface area contributed by atoms with Crippen LogP contribution < -0.4 is 15.8 Å². The largest absolute Gasteiger partial charge is 0.486 e. The predicted octanol–water partition coefficient (Wildman–Crippen LogP) is 3.19. The molecule has 2 aromatic heterocycles. The Hall–Kier alpha value is -3.60. The van der Waals surface area contributed by atoms with Crippen molar-refractivity contribution in [3.8, 4) is 5.75 Å². The van der Waals surface area contributed by atoms with Crippen LogP contribution in [0.2, 0.25) is 0 Å². The highest BCUT2D eigenvalue weighted by atomic mass is 19.4. The zero-order valence-corrected chi connectivity index (χ0v) is 18.3. The van der Waals surface area contributed by atoms with E-state index < -0.39 is 41.9 Å². The first-order chi connectivity index (χ1) is 15.9. The number of nitrogens with two attached hydrogens (primary N) is 1. The summed E-state index contributed by atoms with van der Waals surface area (Å²) in [6, 6.07) is 6.24. The number of aryl methyl sites for hydroxylation is 1. The number of carbonyl (C=O) groups excluding carboxylic acids is 2. The number of alkyl halides is 3. The monoisotopic (exact) mass is 477 g/mol. The van der Waals surface area contributed by atoms with Crippen LogP contribution in [0.4, 0.5) is 13.2 Å². The maximum absolute atomic E-state index is 13.3. The molecule has 0 aliphatic heterocycles. The third-order valence-corrected chi connectivity index (χ3v) is 5.95. The van der Waals surface area contributed by atoms with E-state index in [1.54, 1.807) is 25.1 Å². The summed E-state index contributed by atoms with van der Waals surface area (Å²) in [6.45, 7) is 2.16. The lowest BCUT2D eigenvalue weighted by molar-refractivity contribution is -0.141. The summed E-state index contributed by atoms with van der Waals surface area (Å²) in [5.74, 6) is -1.01. The maximum Gasteiger partial charge on any atom is 0.433 e. The van der Waals surface area contributed by atoms with Crippen molar-refractivity contribution in [2.45, 2.75) is 44.5 Å². The van der Waals surface area contributed by atoms with E-state index in [1.165, 1.54) is 13.0 Å². The second-order valence-corrected chi connectivity index (χ2v) is 8.37. The van der Waals surface area contributed by atoms with Gasteiger partial charge in [-0.3, -0.25) is 14.6 Å². The summed E-state index contributed by atoms with van der Waals surface area (Å²) in [4.78, 5) is 28.1. The first kappa shape index (κ1) is 23.6. The van der Waals surface area contributed by atoms with Crippen LogP contribution in [0, 0.1) is 6.92 Å². The average molecular weight is 477 g/mol. The van der Waals surface area contributed by atoms with Gasteiger partial charge in [0.25, 0.3) is 5.91 Å². The first-order valence-electron chi connectivity index (χ1n) is 10.4. The van der Waals surface area contributed by atoms with Crippen molar-refractivity contribution in [1.82, 2.24) is 10.3 Å². The Morgan fingerprint density at radius 3 is 2.71 bits per heavy atom. The van der Waals surface area contributed by atoms with Gasteiger partial charge in [-0.2, -0.15) is 13.2 Å². The van der Waals surface area contributed by atoms with Crippen molar-refractivity contribution >= 4 is 22.8 Å². The number of aliphatic hydroxyl groups excluding tert-OH is 1. The van der Waals surface area contributed by atoms with Crippen molar-refractivity contribution in [2.24, 2.45) is 5.73 Å². The number of aliphatic hydroxyl groups is 1. The highest BCUT2D eigenvalue weighted by Gasteiger charge is 2.39. The molecule has 180 valence electrons. The van der Waals surface area contributed by atoms with E-state index in [0.29, 0.717) is 28.7 Å². The molecule has 11 heteroatoms. The van der Waals surface area contributed by atoms with Gasteiger partial charge in [0.2, 0.25) is 5.91 Å². The number of benzene rings is 1. The fourth-order valence-electron chi connectivity index (χ4n) is 4.08. The SMILES string of the molecule is Cc1oc2ccc(O[C@H]3CCc4c3ccnc4C(F)(F)F)cc2c1C(=O)N[C@@](C)(CO)C(N)=O. The molecule has 0 fully saturated rings. The lowest BCUT2D eigenvalue weighted by atomic mass is 10.0. The Labute approximate surface area is 191 Å². The van der Waals surface area contributed by atoms with Crippen molar-refractivity contribution < 1.29 is 37.0 Å². The van der Waals surface area contributed by atoms with Gasteiger partial charge in [-0.25, -0.2) is 0 Å². The molecule has 0 saturated carbocycles. The van der Waals surface area contributed by atoms with E-state index in [4.69, 9.17) is 14.9 Å². The normalized spacial score (nSPS) is 17.3. The zero-order valence-electron chi connectivity index (χ0n) is 18.3. The van der Waals surface area contributed by atoms with Gasteiger partial charge in [0, 0.05) is 11.6 Å². The molecule has 2 amide bonds. The second kappa shape index (κ2) is 8.32. The molecular formula is C23H22F3N3O5. The summed E-state index contributed by atoms with van der Waals surface area (Å²) in [5.41, 5.74) is 3.74. The summed E-state index contributed by atoms with van der Waals surface area (Å²) in [6.07, 6.45) is -3.53. The Kier molecular flexibility index (Phi) is 5.76. The van der Waals surface area contributed by atoms with E-state index in [2.05, 4.69) is 10.3 Å². The number of aromatic nitrogens is 1. The van der Waals surface area contributed by atoms with Crippen molar-refractivity contribution in [3.05, 3.63) is 58.6 Å². The fourth-order valence-corrected chi connectivity index (χ4v) is 4.08. The molecule has 4 rings (SSSR count). The summed E-state index contributed by atoms with van der Waals surface area (Å²) in [7, 11) is 0. The molecule has 2 atom stereocenters. The van der Waals surface area contributed by atoms with Crippen LogP contribution in [0.15, 0.2) is 34.9 Å². The fraction of sp³-hybridized carbons (Fsp3) is 0.348. The molecule has 0 unspecified atom stereocenters. The molecule has 0 saturated heterocycles. The van der Waals surface area contributed by atoms with E-state index in [-0.39, 0.29) is 23.3 Å². The third kappa shape index (κ3) is 4.07. The Bertz CT molecular complexity index is 1290. The van der Waals surface area contributed by atoms with E-state index in [0.717, 1.165) is 6.20 Å². The number of primary amides is 1. The molecule has 3 aromatic rings. The van der Waals surface area contributed by atoms with Gasteiger partial charge in [-0.05, 0) is 62.1 Å². The minimum atomic E-state index is -4.55. The van der Waals surface area contributed by atoms with Gasteiger partial charge >= 0.3 is 6.18 Å². The number of ether oxygens (including phenoxy) is 1.